The highest BCUT2D eigenvalue weighted by atomic mass is 35.5. The summed E-state index contributed by atoms with van der Waals surface area (Å²) in [6.07, 6.45) is -2.70. The molecule has 30 heavy (non-hydrogen) atoms. The van der Waals surface area contributed by atoms with Crippen molar-refractivity contribution in [2.75, 3.05) is 0 Å². The zero-order valence-electron chi connectivity index (χ0n) is 14.1. The van der Waals surface area contributed by atoms with E-state index in [2.05, 4.69) is 5.10 Å². The van der Waals surface area contributed by atoms with Crippen molar-refractivity contribution in [1.29, 1.82) is 0 Å². The van der Waals surface area contributed by atoms with E-state index < -0.39 is 32.3 Å². The van der Waals surface area contributed by atoms with Gasteiger partial charge in [0.2, 0.25) is 10.0 Å². The molecule has 0 radical (unpaired) electrons. The van der Waals surface area contributed by atoms with Crippen molar-refractivity contribution in [2.45, 2.75) is 11.1 Å². The zero-order valence-corrected chi connectivity index (χ0v) is 18.7. The highest BCUT2D eigenvalue weighted by Gasteiger charge is 2.38. The lowest BCUT2D eigenvalue weighted by molar-refractivity contribution is -0.137. The van der Waals surface area contributed by atoms with Gasteiger partial charge in [-0.05, 0) is 23.8 Å². The van der Waals surface area contributed by atoms with E-state index in [-0.39, 0.29) is 36.2 Å². The van der Waals surface area contributed by atoms with Crippen molar-refractivity contribution in [3.8, 4) is 16.8 Å². The van der Waals surface area contributed by atoms with Crippen molar-refractivity contribution in [1.82, 2.24) is 9.78 Å². The van der Waals surface area contributed by atoms with Gasteiger partial charge in [-0.1, -0.05) is 58.0 Å². The van der Waals surface area contributed by atoms with E-state index in [4.69, 9.17) is 63.1 Å². The van der Waals surface area contributed by atoms with Crippen LogP contribution in [0.25, 0.3) is 16.8 Å². The van der Waals surface area contributed by atoms with Gasteiger partial charge in [0, 0.05) is 18.0 Å². The summed E-state index contributed by atoms with van der Waals surface area (Å²) in [7, 11) is -4.67. The number of aromatic nitrogens is 2. The van der Waals surface area contributed by atoms with Gasteiger partial charge >= 0.3 is 6.18 Å². The molecule has 3 aromatic rings. The van der Waals surface area contributed by atoms with Gasteiger partial charge in [0.1, 0.15) is 4.90 Å². The first-order chi connectivity index (χ1) is 13.7. The Morgan fingerprint density at radius 1 is 0.933 bits per heavy atom. The first kappa shape index (κ1) is 23.5. The van der Waals surface area contributed by atoms with Crippen molar-refractivity contribution in [2.24, 2.45) is 5.14 Å². The fraction of sp³-hybridized carbons (Fsp3) is 0.0625. The van der Waals surface area contributed by atoms with E-state index in [1.165, 1.54) is 12.3 Å². The highest BCUT2D eigenvalue weighted by molar-refractivity contribution is 7.89. The molecule has 5 nitrogen and oxygen atoms in total. The van der Waals surface area contributed by atoms with Gasteiger partial charge < -0.3 is 0 Å². The molecule has 0 bridgehead atoms. The molecule has 0 aliphatic heterocycles. The maximum atomic E-state index is 13.9. The number of nitrogens with two attached hydrogens (primary N) is 1. The van der Waals surface area contributed by atoms with E-state index in [0.29, 0.717) is 6.07 Å². The van der Waals surface area contributed by atoms with E-state index in [1.807, 2.05) is 0 Å². The Balaban J connectivity index is 2.53. The normalized spacial score (nSPS) is 12.4. The second kappa shape index (κ2) is 8.05. The smallest absolute Gasteiger partial charge is 0.239 e. The number of rotatable bonds is 3. The topological polar surface area (TPSA) is 78.0 Å². The third kappa shape index (κ3) is 4.12. The second-order valence-electron chi connectivity index (χ2n) is 5.81. The van der Waals surface area contributed by atoms with Gasteiger partial charge in [-0.15, -0.1) is 0 Å². The van der Waals surface area contributed by atoms with Crippen LogP contribution in [0, 0.1) is 0 Å². The van der Waals surface area contributed by atoms with Crippen LogP contribution in [0.2, 0.25) is 25.1 Å². The quantitative estimate of drug-likeness (QED) is 0.306. The summed E-state index contributed by atoms with van der Waals surface area (Å²) in [6.45, 7) is 0. The molecular weight excluding hydrogens is 533 g/mol. The molecule has 0 amide bonds. The molecule has 2 aromatic carbocycles. The van der Waals surface area contributed by atoms with Gasteiger partial charge in [-0.25, -0.2) is 18.2 Å². The number of hydrogen-bond acceptors (Lipinski definition) is 3. The summed E-state index contributed by atoms with van der Waals surface area (Å²) in [5, 5.41) is 7.50. The molecule has 1 aromatic heterocycles. The van der Waals surface area contributed by atoms with Gasteiger partial charge in [-0.2, -0.15) is 18.3 Å². The van der Waals surface area contributed by atoms with Crippen molar-refractivity contribution >= 4 is 68.0 Å². The summed E-state index contributed by atoms with van der Waals surface area (Å²) >= 11 is 30.2. The number of benzene rings is 2. The third-order valence-electron chi connectivity index (χ3n) is 3.92. The fourth-order valence-corrected chi connectivity index (χ4v) is 4.80. The van der Waals surface area contributed by atoms with Gasteiger partial charge in [0.15, 0.2) is 0 Å². The summed E-state index contributed by atoms with van der Waals surface area (Å²) in [6, 6.07) is 2.82. The zero-order chi connectivity index (χ0) is 22.6. The first-order valence-corrected chi connectivity index (χ1v) is 11.0. The van der Waals surface area contributed by atoms with Crippen molar-refractivity contribution < 1.29 is 21.6 Å². The van der Waals surface area contributed by atoms with Gasteiger partial charge in [0.25, 0.3) is 0 Å². The van der Waals surface area contributed by atoms with Crippen LogP contribution in [0.1, 0.15) is 5.56 Å². The molecule has 160 valence electrons. The molecule has 14 heteroatoms. The molecule has 0 unspecified atom stereocenters. The second-order valence-corrected chi connectivity index (χ2v) is 9.23. The molecule has 0 saturated heterocycles. The number of hydrogen-bond donors (Lipinski definition) is 1. The average Bonchev–Trinajstić information content (AvgIpc) is 3.17. The minimum absolute atomic E-state index is 0.215. The van der Waals surface area contributed by atoms with Crippen LogP contribution < -0.4 is 5.14 Å². The number of halogens is 8. The van der Waals surface area contributed by atoms with Crippen LogP contribution in [0.5, 0.6) is 0 Å². The van der Waals surface area contributed by atoms with Crippen molar-refractivity contribution in [3.05, 3.63) is 61.3 Å². The predicted molar refractivity (Wildman–Crippen MR) is 110 cm³/mol. The molecular formula is C16H7Cl5F3N3O2S. The minimum atomic E-state index is -5.00. The van der Waals surface area contributed by atoms with Crippen LogP contribution in [-0.2, 0) is 16.2 Å². The van der Waals surface area contributed by atoms with Crippen LogP contribution in [0.4, 0.5) is 13.2 Å². The molecule has 0 spiro atoms. The summed E-state index contributed by atoms with van der Waals surface area (Å²) < 4.78 is 66.9. The van der Waals surface area contributed by atoms with E-state index in [0.717, 1.165) is 16.9 Å². The number of nitrogens with zero attached hydrogens (tertiary/aromatic N) is 2. The molecule has 0 aliphatic rings. The molecule has 0 saturated carbocycles. The lowest BCUT2D eigenvalue weighted by Crippen LogP contribution is -2.20. The molecule has 2 N–H and O–H groups in total. The average molecular weight is 540 g/mol. The Hall–Kier alpha value is -1.20. The van der Waals surface area contributed by atoms with Crippen LogP contribution in [-0.4, -0.2) is 18.2 Å². The number of alkyl halides is 3. The van der Waals surface area contributed by atoms with Gasteiger partial charge in [-0.3, -0.25) is 0 Å². The van der Waals surface area contributed by atoms with Crippen LogP contribution in [0.15, 0.2) is 35.5 Å². The molecule has 3 rings (SSSR count). The number of primary sulfonamides is 1. The lowest BCUT2D eigenvalue weighted by Gasteiger charge is -2.20. The van der Waals surface area contributed by atoms with Crippen LogP contribution >= 0.6 is 58.0 Å². The third-order valence-corrected chi connectivity index (χ3v) is 7.12. The Morgan fingerprint density at radius 3 is 1.90 bits per heavy atom. The summed E-state index contributed by atoms with van der Waals surface area (Å²) in [5.41, 5.74) is -2.75. The number of sulfonamides is 1. The highest BCUT2D eigenvalue weighted by Crippen LogP contribution is 2.50. The largest absolute Gasteiger partial charge is 0.418 e. The molecule has 0 atom stereocenters. The van der Waals surface area contributed by atoms with Crippen molar-refractivity contribution in [3.63, 3.8) is 0 Å². The fourth-order valence-electron chi connectivity index (χ4n) is 2.68. The SMILES string of the molecule is NS(=O)(=O)c1cc(-c2c(Cl)c(Cl)c(Cl)c(Cl)c2Cl)cc(C(F)(F)F)c1-n1cccn1. The first-order valence-electron chi connectivity index (χ1n) is 7.55. The Labute approximate surface area is 193 Å². The van der Waals surface area contributed by atoms with Gasteiger partial charge in [0.05, 0.1) is 36.4 Å². The Morgan fingerprint density at radius 2 is 1.47 bits per heavy atom. The minimum Gasteiger partial charge on any atom is -0.239 e. The monoisotopic (exact) mass is 537 g/mol. The maximum Gasteiger partial charge on any atom is 0.418 e. The van der Waals surface area contributed by atoms with E-state index >= 15 is 0 Å². The van der Waals surface area contributed by atoms with E-state index in [1.54, 1.807) is 0 Å². The summed E-state index contributed by atoms with van der Waals surface area (Å²) in [5.74, 6) is 0. The standard InChI is InChI=1S/C16H7Cl5F3N3O2S/c17-10-9(11(18)13(20)14(21)12(10)19)6-4-7(16(22,23)24)15(27-3-1-2-26-27)8(5-6)30(25,28)29/h1-5H,(H2,25,28,29). The molecule has 0 fully saturated rings. The Bertz CT molecular complexity index is 1230. The predicted octanol–water partition coefficient (Wildman–Crippen LogP) is 6.47. The van der Waals surface area contributed by atoms with Crippen LogP contribution in [0.3, 0.4) is 0 Å². The molecule has 0 aliphatic carbocycles. The maximum absolute atomic E-state index is 13.9. The van der Waals surface area contributed by atoms with E-state index in [9.17, 15) is 21.6 Å². The molecule has 1 heterocycles. The summed E-state index contributed by atoms with van der Waals surface area (Å²) in [4.78, 5) is -0.870. The lowest BCUT2D eigenvalue weighted by atomic mass is 10.0. The Kier molecular flexibility index (Phi) is 6.30.